The molecular formula is C21H31N3O3. The summed E-state index contributed by atoms with van der Waals surface area (Å²) in [5.41, 5.74) is 1.02. The molecule has 1 aromatic rings. The highest BCUT2D eigenvalue weighted by atomic mass is 16.6. The van der Waals surface area contributed by atoms with Gasteiger partial charge in [-0.25, -0.2) is 4.79 Å². The van der Waals surface area contributed by atoms with E-state index in [1.165, 1.54) is 0 Å². The van der Waals surface area contributed by atoms with Crippen LogP contribution in [0.25, 0.3) is 0 Å². The lowest BCUT2D eigenvalue weighted by atomic mass is 9.73. The third kappa shape index (κ3) is 5.21. The molecule has 0 aliphatic carbocycles. The Morgan fingerprint density at radius 2 is 2.19 bits per heavy atom. The summed E-state index contributed by atoms with van der Waals surface area (Å²) in [6, 6.07) is 5.88. The Bertz CT molecular complexity index is 637. The highest BCUT2D eigenvalue weighted by molar-refractivity contribution is 5.77. The van der Waals surface area contributed by atoms with Gasteiger partial charge in [-0.05, 0) is 37.8 Å². The van der Waals surface area contributed by atoms with Gasteiger partial charge in [-0.3, -0.25) is 9.78 Å². The first-order valence-electron chi connectivity index (χ1n) is 10.2. The summed E-state index contributed by atoms with van der Waals surface area (Å²) in [6.45, 7) is 5.46. The predicted octanol–water partition coefficient (Wildman–Crippen LogP) is 3.27. The SMILES string of the molecule is CCCCOC(=O)N1CCCC2(CCC(=O)N(CCc3ccccn3)C2)C1. The third-order valence-corrected chi connectivity index (χ3v) is 5.76. The lowest BCUT2D eigenvalue weighted by Gasteiger charge is -2.47. The molecule has 0 saturated carbocycles. The van der Waals surface area contributed by atoms with Crippen molar-refractivity contribution in [3.63, 3.8) is 0 Å². The fourth-order valence-electron chi connectivity index (χ4n) is 4.19. The maximum atomic E-state index is 12.4. The number of carbonyl (C=O) groups excluding carboxylic acids is 2. The van der Waals surface area contributed by atoms with Crippen molar-refractivity contribution in [1.82, 2.24) is 14.8 Å². The average Bonchev–Trinajstić information content (AvgIpc) is 2.70. The summed E-state index contributed by atoms with van der Waals surface area (Å²) in [4.78, 5) is 33.0. The van der Waals surface area contributed by atoms with Crippen LogP contribution in [0.5, 0.6) is 0 Å². The maximum Gasteiger partial charge on any atom is 0.409 e. The topological polar surface area (TPSA) is 62.7 Å². The van der Waals surface area contributed by atoms with Crippen LogP contribution in [0.2, 0.25) is 0 Å². The van der Waals surface area contributed by atoms with Gasteiger partial charge >= 0.3 is 6.09 Å². The Balaban J connectivity index is 1.57. The van der Waals surface area contributed by atoms with Crippen molar-refractivity contribution in [2.45, 2.75) is 51.9 Å². The van der Waals surface area contributed by atoms with E-state index in [9.17, 15) is 9.59 Å². The lowest BCUT2D eigenvalue weighted by molar-refractivity contribution is -0.139. The molecule has 1 atom stereocenters. The smallest absolute Gasteiger partial charge is 0.409 e. The summed E-state index contributed by atoms with van der Waals surface area (Å²) < 4.78 is 5.41. The van der Waals surface area contributed by atoms with Crippen molar-refractivity contribution in [2.75, 3.05) is 32.8 Å². The number of unbranched alkanes of at least 4 members (excludes halogenated alkanes) is 1. The molecule has 2 aliphatic rings. The van der Waals surface area contributed by atoms with Crippen LogP contribution in [0, 0.1) is 5.41 Å². The Morgan fingerprint density at radius 3 is 2.96 bits per heavy atom. The van der Waals surface area contributed by atoms with E-state index in [4.69, 9.17) is 4.74 Å². The zero-order valence-corrected chi connectivity index (χ0v) is 16.4. The molecule has 148 valence electrons. The first-order chi connectivity index (χ1) is 13.1. The van der Waals surface area contributed by atoms with Gasteiger partial charge in [0.2, 0.25) is 5.91 Å². The molecule has 0 N–H and O–H groups in total. The summed E-state index contributed by atoms with van der Waals surface area (Å²) in [7, 11) is 0. The highest BCUT2D eigenvalue weighted by Crippen LogP contribution is 2.39. The summed E-state index contributed by atoms with van der Waals surface area (Å²) in [5, 5.41) is 0. The van der Waals surface area contributed by atoms with Gasteiger partial charge in [0.1, 0.15) is 0 Å². The first-order valence-corrected chi connectivity index (χ1v) is 10.2. The van der Waals surface area contributed by atoms with Gasteiger partial charge in [0.15, 0.2) is 0 Å². The number of rotatable bonds is 6. The second-order valence-corrected chi connectivity index (χ2v) is 7.88. The van der Waals surface area contributed by atoms with Crippen LogP contribution in [-0.4, -0.2) is 59.6 Å². The quantitative estimate of drug-likeness (QED) is 0.718. The number of aromatic nitrogens is 1. The van der Waals surface area contributed by atoms with Crippen LogP contribution >= 0.6 is 0 Å². The van der Waals surface area contributed by atoms with E-state index < -0.39 is 0 Å². The van der Waals surface area contributed by atoms with Gasteiger partial charge in [0.05, 0.1) is 6.61 Å². The maximum absolute atomic E-state index is 12.4. The van der Waals surface area contributed by atoms with Crippen LogP contribution < -0.4 is 0 Å². The summed E-state index contributed by atoms with van der Waals surface area (Å²) in [6.07, 6.45) is 7.77. The number of nitrogens with zero attached hydrogens (tertiary/aromatic N) is 3. The monoisotopic (exact) mass is 373 g/mol. The van der Waals surface area contributed by atoms with Gasteiger partial charge in [-0.1, -0.05) is 19.4 Å². The number of pyridine rings is 1. The number of ether oxygens (including phenoxy) is 1. The fourth-order valence-corrected chi connectivity index (χ4v) is 4.19. The van der Waals surface area contributed by atoms with E-state index >= 15 is 0 Å². The van der Waals surface area contributed by atoms with E-state index in [-0.39, 0.29) is 17.4 Å². The second kappa shape index (κ2) is 9.20. The summed E-state index contributed by atoms with van der Waals surface area (Å²) >= 11 is 0. The lowest BCUT2D eigenvalue weighted by Crippen LogP contribution is -2.55. The molecule has 1 unspecified atom stereocenters. The van der Waals surface area contributed by atoms with Crippen molar-refractivity contribution in [3.05, 3.63) is 30.1 Å². The molecule has 0 aromatic carbocycles. The molecule has 2 fully saturated rings. The number of carbonyl (C=O) groups is 2. The molecule has 6 heteroatoms. The van der Waals surface area contributed by atoms with E-state index in [2.05, 4.69) is 11.9 Å². The molecule has 1 spiro atoms. The van der Waals surface area contributed by atoms with Crippen molar-refractivity contribution in [2.24, 2.45) is 5.41 Å². The number of hydrogen-bond acceptors (Lipinski definition) is 4. The second-order valence-electron chi connectivity index (χ2n) is 7.88. The minimum atomic E-state index is -0.195. The molecule has 27 heavy (non-hydrogen) atoms. The molecule has 3 heterocycles. The van der Waals surface area contributed by atoms with E-state index in [1.807, 2.05) is 28.0 Å². The van der Waals surface area contributed by atoms with Crippen molar-refractivity contribution < 1.29 is 14.3 Å². The molecular weight excluding hydrogens is 342 g/mol. The minimum Gasteiger partial charge on any atom is -0.449 e. The van der Waals surface area contributed by atoms with E-state index in [1.54, 1.807) is 6.20 Å². The zero-order valence-electron chi connectivity index (χ0n) is 16.4. The number of piperidine rings is 2. The molecule has 0 bridgehead atoms. The number of hydrogen-bond donors (Lipinski definition) is 0. The normalized spacial score (nSPS) is 22.9. The van der Waals surface area contributed by atoms with E-state index in [0.29, 0.717) is 26.1 Å². The summed E-state index contributed by atoms with van der Waals surface area (Å²) in [5.74, 6) is 0.221. The first kappa shape index (κ1) is 19.6. The molecule has 0 radical (unpaired) electrons. The Hall–Kier alpha value is -2.11. The predicted molar refractivity (Wildman–Crippen MR) is 103 cm³/mol. The third-order valence-electron chi connectivity index (χ3n) is 5.76. The Kier molecular flexibility index (Phi) is 6.69. The van der Waals surface area contributed by atoms with Crippen molar-refractivity contribution in [1.29, 1.82) is 0 Å². The van der Waals surface area contributed by atoms with Crippen LogP contribution in [-0.2, 0) is 16.0 Å². The number of likely N-dealkylation sites (tertiary alicyclic amines) is 2. The van der Waals surface area contributed by atoms with Crippen molar-refractivity contribution in [3.8, 4) is 0 Å². The molecule has 1 aromatic heterocycles. The van der Waals surface area contributed by atoms with Gasteiger partial charge < -0.3 is 14.5 Å². The standard InChI is InChI=1S/C21H31N3O3/c1-2-3-15-27-20(26)24-13-6-10-21(17-24)11-8-19(25)23(16-21)14-9-18-7-4-5-12-22-18/h4-5,7,12H,2-3,6,8-11,13-17H2,1H3. The van der Waals surface area contributed by atoms with E-state index in [0.717, 1.165) is 57.3 Å². The Labute approximate surface area is 161 Å². The number of amides is 2. The zero-order chi connectivity index (χ0) is 19.1. The Morgan fingerprint density at radius 1 is 1.30 bits per heavy atom. The van der Waals surface area contributed by atoms with Gasteiger partial charge in [0, 0.05) is 56.3 Å². The highest BCUT2D eigenvalue weighted by Gasteiger charge is 2.42. The molecule has 6 nitrogen and oxygen atoms in total. The van der Waals surface area contributed by atoms with Crippen LogP contribution in [0.3, 0.4) is 0 Å². The van der Waals surface area contributed by atoms with Crippen LogP contribution in [0.1, 0.15) is 51.1 Å². The van der Waals surface area contributed by atoms with Gasteiger partial charge in [-0.15, -0.1) is 0 Å². The van der Waals surface area contributed by atoms with Crippen molar-refractivity contribution >= 4 is 12.0 Å². The van der Waals surface area contributed by atoms with Gasteiger partial charge in [0.25, 0.3) is 0 Å². The molecule has 3 rings (SSSR count). The minimum absolute atomic E-state index is 0.0139. The average molecular weight is 373 g/mol. The fraction of sp³-hybridized carbons (Fsp3) is 0.667. The molecule has 2 saturated heterocycles. The van der Waals surface area contributed by atoms with Crippen LogP contribution in [0.4, 0.5) is 4.79 Å². The molecule has 2 amide bonds. The largest absolute Gasteiger partial charge is 0.449 e. The van der Waals surface area contributed by atoms with Crippen LogP contribution in [0.15, 0.2) is 24.4 Å². The van der Waals surface area contributed by atoms with Gasteiger partial charge in [-0.2, -0.15) is 0 Å². The molecule has 2 aliphatic heterocycles.